The summed E-state index contributed by atoms with van der Waals surface area (Å²) in [6.45, 7) is 0.309. The van der Waals surface area contributed by atoms with Crippen LogP contribution in [-0.2, 0) is 4.79 Å². The first-order chi connectivity index (χ1) is 15.5. The number of rotatable bonds is 3. The highest BCUT2D eigenvalue weighted by atomic mass is 19.1. The highest BCUT2D eigenvalue weighted by Gasteiger charge is 2.40. The van der Waals surface area contributed by atoms with Crippen LogP contribution in [0, 0.1) is 5.82 Å². The number of fused-ring (bicyclic) bond motifs is 2. The third-order valence-corrected chi connectivity index (χ3v) is 5.94. The third kappa shape index (κ3) is 3.53. The molecule has 1 saturated heterocycles. The molecule has 5 rings (SSSR count). The molecule has 7 nitrogen and oxygen atoms in total. The molecule has 0 bridgehead atoms. The fraction of sp³-hybridized carbons (Fsp3) is 0.208. The van der Waals surface area contributed by atoms with Crippen molar-refractivity contribution < 1.29 is 23.2 Å². The van der Waals surface area contributed by atoms with E-state index in [1.165, 1.54) is 17.2 Å². The normalized spacial score (nSPS) is 20.1. The zero-order valence-corrected chi connectivity index (χ0v) is 17.0. The zero-order chi connectivity index (χ0) is 22.2. The van der Waals surface area contributed by atoms with E-state index >= 15 is 0 Å². The lowest BCUT2D eigenvalue weighted by atomic mass is 9.95. The maximum absolute atomic E-state index is 14.3. The maximum Gasteiger partial charge on any atom is 0.287 e. The van der Waals surface area contributed by atoms with Crippen LogP contribution in [0.25, 0.3) is 11.1 Å². The summed E-state index contributed by atoms with van der Waals surface area (Å²) in [5.74, 6) is -1.15. The Morgan fingerprint density at radius 3 is 2.72 bits per heavy atom. The smallest absolute Gasteiger partial charge is 0.287 e. The number of benzene rings is 2. The summed E-state index contributed by atoms with van der Waals surface area (Å²) in [4.78, 5) is 40.1. The van der Waals surface area contributed by atoms with Crippen LogP contribution in [0.5, 0.6) is 0 Å². The molecule has 3 heterocycles. The van der Waals surface area contributed by atoms with Gasteiger partial charge in [-0.3, -0.25) is 14.4 Å². The molecule has 32 heavy (non-hydrogen) atoms. The van der Waals surface area contributed by atoms with Gasteiger partial charge in [0, 0.05) is 18.2 Å². The van der Waals surface area contributed by atoms with Gasteiger partial charge in [-0.05, 0) is 48.7 Å². The molecule has 0 radical (unpaired) electrons. The molecule has 2 aliphatic heterocycles. The topological polar surface area (TPSA) is 91.7 Å². The summed E-state index contributed by atoms with van der Waals surface area (Å²) in [6.07, 6.45) is 2.21. The third-order valence-electron chi connectivity index (χ3n) is 5.94. The Labute approximate surface area is 183 Å². The molecule has 1 fully saturated rings. The van der Waals surface area contributed by atoms with Crippen LogP contribution in [-0.4, -0.2) is 41.2 Å². The van der Waals surface area contributed by atoms with E-state index in [-0.39, 0.29) is 41.8 Å². The number of amides is 3. The Balaban J connectivity index is 1.40. The predicted octanol–water partition coefficient (Wildman–Crippen LogP) is 3.44. The Hall–Kier alpha value is -3.94. The van der Waals surface area contributed by atoms with Crippen molar-refractivity contribution in [3.05, 3.63) is 78.0 Å². The van der Waals surface area contributed by atoms with Gasteiger partial charge in [0.25, 0.3) is 11.8 Å². The van der Waals surface area contributed by atoms with E-state index in [2.05, 4.69) is 10.6 Å². The highest BCUT2D eigenvalue weighted by Crippen LogP contribution is 2.32. The van der Waals surface area contributed by atoms with Crippen molar-refractivity contribution >= 4 is 23.4 Å². The van der Waals surface area contributed by atoms with E-state index in [1.54, 1.807) is 48.5 Å². The van der Waals surface area contributed by atoms with E-state index in [1.807, 2.05) is 0 Å². The molecule has 3 amide bonds. The van der Waals surface area contributed by atoms with Gasteiger partial charge in [0.15, 0.2) is 5.76 Å². The molecule has 0 aliphatic carbocycles. The van der Waals surface area contributed by atoms with E-state index in [0.717, 1.165) is 0 Å². The largest absolute Gasteiger partial charge is 0.459 e. The number of carbonyl (C=O) groups is 3. The van der Waals surface area contributed by atoms with Crippen molar-refractivity contribution in [3.63, 3.8) is 0 Å². The van der Waals surface area contributed by atoms with Crippen LogP contribution in [0.4, 0.5) is 10.1 Å². The van der Waals surface area contributed by atoms with E-state index < -0.39 is 6.04 Å². The van der Waals surface area contributed by atoms with Crippen molar-refractivity contribution in [3.8, 4) is 11.1 Å². The number of halogens is 1. The Bertz CT molecular complexity index is 1210. The second-order valence-corrected chi connectivity index (χ2v) is 7.92. The molecular weight excluding hydrogens is 413 g/mol. The average Bonchev–Trinajstić information content (AvgIpc) is 3.31. The first-order valence-corrected chi connectivity index (χ1v) is 10.4. The van der Waals surface area contributed by atoms with Gasteiger partial charge in [0.2, 0.25) is 5.91 Å². The summed E-state index contributed by atoms with van der Waals surface area (Å²) >= 11 is 0. The number of anilines is 1. The molecule has 1 aromatic heterocycles. The van der Waals surface area contributed by atoms with Gasteiger partial charge < -0.3 is 20.0 Å². The summed E-state index contributed by atoms with van der Waals surface area (Å²) in [7, 11) is 0. The molecule has 8 heteroatoms. The van der Waals surface area contributed by atoms with Crippen LogP contribution in [0.1, 0.15) is 33.8 Å². The number of hydrogen-bond acceptors (Lipinski definition) is 4. The molecule has 2 aliphatic rings. The van der Waals surface area contributed by atoms with Gasteiger partial charge in [-0.1, -0.05) is 24.3 Å². The van der Waals surface area contributed by atoms with Crippen LogP contribution in [0.15, 0.2) is 65.3 Å². The van der Waals surface area contributed by atoms with E-state index in [0.29, 0.717) is 35.3 Å². The lowest BCUT2D eigenvalue weighted by Gasteiger charge is -2.37. The Morgan fingerprint density at radius 1 is 1.09 bits per heavy atom. The van der Waals surface area contributed by atoms with Crippen molar-refractivity contribution in [2.45, 2.75) is 24.9 Å². The molecule has 2 atom stereocenters. The molecule has 2 aromatic carbocycles. The van der Waals surface area contributed by atoms with Crippen LogP contribution >= 0.6 is 0 Å². The van der Waals surface area contributed by atoms with Gasteiger partial charge in [0.1, 0.15) is 11.9 Å². The second-order valence-electron chi connectivity index (χ2n) is 7.92. The van der Waals surface area contributed by atoms with Crippen molar-refractivity contribution in [1.29, 1.82) is 0 Å². The van der Waals surface area contributed by atoms with Crippen LogP contribution in [0.2, 0.25) is 0 Å². The standard InChI is InChI=1S/C24H20FN3O4/c25-18-5-2-1-4-16(18)14-7-8-19-17(12-14)24(31)28-10-9-15(13-20(28)22(29)27-19)26-23(30)21-6-3-11-32-21/h1-8,11-12,15,20H,9-10,13H2,(H,26,30)(H,27,29). The first-order valence-electron chi connectivity index (χ1n) is 10.4. The summed E-state index contributed by atoms with van der Waals surface area (Å²) in [5, 5.41) is 5.70. The minimum atomic E-state index is -0.720. The van der Waals surface area contributed by atoms with Crippen molar-refractivity contribution in [2.75, 3.05) is 11.9 Å². The molecule has 0 spiro atoms. The highest BCUT2D eigenvalue weighted by molar-refractivity contribution is 6.10. The fourth-order valence-corrected chi connectivity index (χ4v) is 4.32. The minimum absolute atomic E-state index is 0.196. The minimum Gasteiger partial charge on any atom is -0.459 e. The van der Waals surface area contributed by atoms with Gasteiger partial charge >= 0.3 is 0 Å². The van der Waals surface area contributed by atoms with Gasteiger partial charge in [-0.15, -0.1) is 0 Å². The second kappa shape index (κ2) is 7.96. The average molecular weight is 433 g/mol. The van der Waals surface area contributed by atoms with Crippen LogP contribution in [0.3, 0.4) is 0 Å². The summed E-state index contributed by atoms with van der Waals surface area (Å²) < 4.78 is 19.4. The van der Waals surface area contributed by atoms with Crippen LogP contribution < -0.4 is 10.6 Å². The monoisotopic (exact) mass is 433 g/mol. The van der Waals surface area contributed by atoms with E-state index in [4.69, 9.17) is 4.42 Å². The number of hydrogen-bond donors (Lipinski definition) is 2. The predicted molar refractivity (Wildman–Crippen MR) is 114 cm³/mol. The van der Waals surface area contributed by atoms with Gasteiger partial charge in [-0.2, -0.15) is 0 Å². The van der Waals surface area contributed by atoms with Gasteiger partial charge in [-0.25, -0.2) is 4.39 Å². The number of piperidine rings is 1. The molecule has 2 N–H and O–H groups in total. The number of nitrogens with one attached hydrogen (secondary N) is 2. The van der Waals surface area contributed by atoms with E-state index in [9.17, 15) is 18.8 Å². The zero-order valence-electron chi connectivity index (χ0n) is 17.0. The summed E-state index contributed by atoms with van der Waals surface area (Å²) in [5.41, 5.74) is 1.66. The fourth-order valence-electron chi connectivity index (χ4n) is 4.32. The quantitative estimate of drug-likeness (QED) is 0.662. The molecular formula is C24H20FN3O4. The summed E-state index contributed by atoms with van der Waals surface area (Å²) in [6, 6.07) is 13.5. The molecule has 3 aromatic rings. The SMILES string of the molecule is O=C(NC1CCN2C(=O)c3cc(-c4ccccc4F)ccc3NC(=O)C2C1)c1ccco1. The number of nitrogens with zero attached hydrogens (tertiary/aromatic N) is 1. The number of furan rings is 1. The van der Waals surface area contributed by atoms with Gasteiger partial charge in [0.05, 0.1) is 17.5 Å². The molecule has 0 saturated carbocycles. The lowest BCUT2D eigenvalue weighted by Crippen LogP contribution is -2.55. The number of carbonyl (C=O) groups excluding carboxylic acids is 3. The molecule has 2 unspecified atom stereocenters. The Kier molecular flexibility index (Phi) is 4.97. The first kappa shape index (κ1) is 20.0. The van der Waals surface area contributed by atoms with Crippen molar-refractivity contribution in [2.24, 2.45) is 0 Å². The maximum atomic E-state index is 14.3. The molecule has 162 valence electrons. The Morgan fingerprint density at radius 2 is 1.94 bits per heavy atom. The lowest BCUT2D eigenvalue weighted by molar-refractivity contribution is -0.121. The van der Waals surface area contributed by atoms with Crippen molar-refractivity contribution in [1.82, 2.24) is 10.2 Å².